The molecule has 84 valence electrons. The Morgan fingerprint density at radius 1 is 1.60 bits per heavy atom. The largest absolute Gasteiger partial charge is 0.458 e. The van der Waals surface area contributed by atoms with Crippen molar-refractivity contribution in [1.29, 1.82) is 0 Å². The maximum atomic E-state index is 10.3. The molecule has 2 heterocycles. The van der Waals surface area contributed by atoms with Gasteiger partial charge in [0.05, 0.1) is 0 Å². The highest BCUT2D eigenvalue weighted by molar-refractivity contribution is 5.89. The van der Waals surface area contributed by atoms with Gasteiger partial charge in [-0.3, -0.25) is 0 Å². The SMILES string of the molecule is CC1=CCOC1=O.CN1CC1.CN=[N+]=[N-]. The normalized spacial score (nSPS) is 17.0. The van der Waals surface area contributed by atoms with Gasteiger partial charge in [0, 0.05) is 30.6 Å². The zero-order valence-corrected chi connectivity index (χ0v) is 9.30. The molecule has 2 aliphatic heterocycles. The Kier molecular flexibility index (Phi) is 7.05. The summed E-state index contributed by atoms with van der Waals surface area (Å²) in [5.74, 6) is -0.181. The van der Waals surface area contributed by atoms with Gasteiger partial charge in [0.15, 0.2) is 0 Å². The molecule has 0 aromatic heterocycles. The Morgan fingerprint density at radius 3 is 2.13 bits per heavy atom. The van der Waals surface area contributed by atoms with Crippen LogP contribution in [0.15, 0.2) is 16.8 Å². The monoisotopic (exact) mass is 212 g/mol. The number of nitrogens with zero attached hydrogens (tertiary/aromatic N) is 4. The van der Waals surface area contributed by atoms with Crippen LogP contribution in [0.2, 0.25) is 0 Å². The second kappa shape index (κ2) is 7.84. The van der Waals surface area contributed by atoms with Crippen molar-refractivity contribution < 1.29 is 9.53 Å². The Bertz CT molecular complexity index is 278. The van der Waals surface area contributed by atoms with E-state index in [2.05, 4.69) is 26.7 Å². The third kappa shape index (κ3) is 8.80. The van der Waals surface area contributed by atoms with Crippen molar-refractivity contribution >= 4 is 5.97 Å². The molecule has 1 saturated heterocycles. The molecule has 0 unspecified atom stereocenters. The summed E-state index contributed by atoms with van der Waals surface area (Å²) >= 11 is 0. The molecule has 2 rings (SSSR count). The van der Waals surface area contributed by atoms with Crippen LogP contribution in [0.3, 0.4) is 0 Å². The van der Waals surface area contributed by atoms with Crippen molar-refractivity contribution in [2.45, 2.75) is 6.92 Å². The molecular formula is C9H16N4O2. The number of rotatable bonds is 0. The minimum Gasteiger partial charge on any atom is -0.458 e. The highest BCUT2D eigenvalue weighted by atomic mass is 16.5. The van der Waals surface area contributed by atoms with Gasteiger partial charge >= 0.3 is 5.97 Å². The number of hydrogen-bond donors (Lipinski definition) is 0. The molecule has 0 spiro atoms. The average molecular weight is 212 g/mol. The van der Waals surface area contributed by atoms with Crippen molar-refractivity contribution in [3.8, 4) is 0 Å². The van der Waals surface area contributed by atoms with E-state index in [9.17, 15) is 4.79 Å². The van der Waals surface area contributed by atoms with Gasteiger partial charge in [-0.1, -0.05) is 5.11 Å². The van der Waals surface area contributed by atoms with E-state index in [1.165, 1.54) is 20.1 Å². The van der Waals surface area contributed by atoms with E-state index in [1.807, 2.05) is 0 Å². The first kappa shape index (κ1) is 13.5. The summed E-state index contributed by atoms with van der Waals surface area (Å²) in [6.07, 6.45) is 1.77. The molecule has 0 aromatic carbocycles. The van der Waals surface area contributed by atoms with Crippen LogP contribution in [0.4, 0.5) is 0 Å². The van der Waals surface area contributed by atoms with E-state index in [0.717, 1.165) is 5.57 Å². The lowest BCUT2D eigenvalue weighted by atomic mass is 10.3. The van der Waals surface area contributed by atoms with Crippen molar-refractivity contribution in [3.63, 3.8) is 0 Å². The first-order valence-corrected chi connectivity index (χ1v) is 4.57. The Balaban J connectivity index is 0.000000212. The number of ether oxygens (including phenoxy) is 1. The van der Waals surface area contributed by atoms with Crippen LogP contribution in [-0.2, 0) is 9.53 Å². The number of esters is 1. The van der Waals surface area contributed by atoms with Crippen LogP contribution in [0, 0.1) is 0 Å². The molecule has 0 aliphatic carbocycles. The van der Waals surface area contributed by atoms with E-state index in [4.69, 9.17) is 5.53 Å². The zero-order valence-electron chi connectivity index (χ0n) is 9.30. The summed E-state index contributed by atoms with van der Waals surface area (Å²) < 4.78 is 4.53. The van der Waals surface area contributed by atoms with Crippen molar-refractivity contribution in [2.24, 2.45) is 5.11 Å². The predicted molar refractivity (Wildman–Crippen MR) is 57.3 cm³/mol. The minimum atomic E-state index is -0.181. The van der Waals surface area contributed by atoms with E-state index < -0.39 is 0 Å². The molecule has 0 bridgehead atoms. The van der Waals surface area contributed by atoms with Crippen LogP contribution < -0.4 is 0 Å². The quantitative estimate of drug-likeness (QED) is 0.200. The molecule has 15 heavy (non-hydrogen) atoms. The van der Waals surface area contributed by atoms with Gasteiger partial charge in [-0.05, 0) is 25.6 Å². The summed E-state index contributed by atoms with van der Waals surface area (Å²) in [6, 6.07) is 0. The summed E-state index contributed by atoms with van der Waals surface area (Å²) in [7, 11) is 3.50. The molecule has 0 amide bonds. The first-order valence-electron chi connectivity index (χ1n) is 4.57. The smallest absolute Gasteiger partial charge is 0.333 e. The van der Waals surface area contributed by atoms with Crippen LogP contribution in [0.1, 0.15) is 6.92 Å². The Labute approximate surface area is 89.1 Å². The fraction of sp³-hybridized carbons (Fsp3) is 0.667. The number of carbonyl (C=O) groups is 1. The van der Waals surface area contributed by atoms with Gasteiger partial charge in [0.25, 0.3) is 0 Å². The standard InChI is InChI=1S/C5H6O2.C3H7N.CH3N3/c1-4-2-3-7-5(4)6;1-4-2-3-4;1-3-4-2/h2H,3H2,1H3;2-3H2,1H3;1H3. The van der Waals surface area contributed by atoms with Crippen molar-refractivity contribution in [1.82, 2.24) is 4.90 Å². The fourth-order valence-electron chi connectivity index (χ4n) is 0.540. The van der Waals surface area contributed by atoms with Crippen molar-refractivity contribution in [2.75, 3.05) is 33.8 Å². The minimum absolute atomic E-state index is 0.181. The van der Waals surface area contributed by atoms with Crippen LogP contribution in [0.5, 0.6) is 0 Å². The molecule has 0 N–H and O–H groups in total. The second-order valence-electron chi connectivity index (χ2n) is 3.08. The van der Waals surface area contributed by atoms with Gasteiger partial charge in [-0.2, -0.15) is 0 Å². The molecule has 6 nitrogen and oxygen atoms in total. The highest BCUT2D eigenvalue weighted by Crippen LogP contribution is 2.02. The molecule has 2 aliphatic rings. The average Bonchev–Trinajstić information content (AvgIpc) is 2.93. The molecule has 0 radical (unpaired) electrons. The fourth-order valence-corrected chi connectivity index (χ4v) is 0.540. The van der Waals surface area contributed by atoms with Crippen molar-refractivity contribution in [3.05, 3.63) is 22.1 Å². The highest BCUT2D eigenvalue weighted by Gasteiger charge is 2.09. The van der Waals surface area contributed by atoms with E-state index in [1.54, 1.807) is 13.0 Å². The molecule has 1 fully saturated rings. The topological polar surface area (TPSA) is 78.1 Å². The Hall–Kier alpha value is -1.52. The van der Waals surface area contributed by atoms with Crippen LogP contribution in [-0.4, -0.2) is 44.7 Å². The molecular weight excluding hydrogens is 196 g/mol. The predicted octanol–water partition coefficient (Wildman–Crippen LogP) is 1.35. The van der Waals surface area contributed by atoms with Gasteiger partial charge < -0.3 is 9.64 Å². The molecule has 6 heteroatoms. The second-order valence-corrected chi connectivity index (χ2v) is 3.08. The molecule has 0 atom stereocenters. The van der Waals surface area contributed by atoms with E-state index in [-0.39, 0.29) is 5.97 Å². The number of likely N-dealkylation sites (N-methyl/N-ethyl adjacent to an activating group) is 1. The summed E-state index contributed by atoms with van der Waals surface area (Å²) in [5.41, 5.74) is 8.06. The van der Waals surface area contributed by atoms with Gasteiger partial charge in [-0.15, -0.1) is 0 Å². The summed E-state index contributed by atoms with van der Waals surface area (Å²) in [5, 5.41) is 2.92. The maximum Gasteiger partial charge on any atom is 0.333 e. The lowest BCUT2D eigenvalue weighted by molar-refractivity contribution is -0.135. The van der Waals surface area contributed by atoms with Crippen LogP contribution in [0.25, 0.3) is 10.4 Å². The van der Waals surface area contributed by atoms with Gasteiger partial charge in [-0.25, -0.2) is 4.79 Å². The summed E-state index contributed by atoms with van der Waals surface area (Å²) in [4.78, 5) is 14.9. The lowest BCUT2D eigenvalue weighted by Gasteiger charge is -1.85. The Morgan fingerprint density at radius 2 is 2.07 bits per heavy atom. The number of carbonyl (C=O) groups excluding carboxylic acids is 1. The number of azide groups is 1. The van der Waals surface area contributed by atoms with E-state index >= 15 is 0 Å². The van der Waals surface area contributed by atoms with Gasteiger partial charge in [0.2, 0.25) is 0 Å². The first-order chi connectivity index (χ1) is 7.11. The lowest BCUT2D eigenvalue weighted by Crippen LogP contribution is -1.94. The van der Waals surface area contributed by atoms with Gasteiger partial charge in [0.1, 0.15) is 6.61 Å². The number of hydrogen-bond acceptors (Lipinski definition) is 4. The third-order valence-electron chi connectivity index (χ3n) is 1.69. The third-order valence-corrected chi connectivity index (χ3v) is 1.69. The van der Waals surface area contributed by atoms with E-state index in [0.29, 0.717) is 6.61 Å². The maximum absolute atomic E-state index is 10.3. The molecule has 0 aromatic rings. The number of cyclic esters (lactones) is 1. The molecule has 0 saturated carbocycles. The summed E-state index contributed by atoms with van der Waals surface area (Å²) in [6.45, 7) is 4.85. The zero-order chi connectivity index (χ0) is 11.7. The van der Waals surface area contributed by atoms with Crippen LogP contribution >= 0.6 is 0 Å².